The first-order valence-corrected chi connectivity index (χ1v) is 7.67. The number of hydrogen-bond donors (Lipinski definition) is 4. The number of rotatable bonds is 6. The summed E-state index contributed by atoms with van der Waals surface area (Å²) >= 11 is 0. The average molecular weight is 232 g/mol. The van der Waals surface area contributed by atoms with E-state index < -0.39 is 8.72 Å². The third-order valence-corrected chi connectivity index (χ3v) is 5.45. The zero-order chi connectivity index (χ0) is 12.1. The van der Waals surface area contributed by atoms with Gasteiger partial charge in [0.1, 0.15) is 0 Å². The Hall–Kier alpha value is 0.0569. The summed E-state index contributed by atoms with van der Waals surface area (Å²) in [6, 6.07) is 0. The summed E-state index contributed by atoms with van der Waals surface area (Å²) < 4.78 is 0. The molecular weight excluding hydrogens is 204 g/mol. The van der Waals surface area contributed by atoms with Crippen LogP contribution in [0.5, 0.6) is 0 Å². The van der Waals surface area contributed by atoms with Crippen LogP contribution >= 0.6 is 0 Å². The predicted octanol–water partition coefficient (Wildman–Crippen LogP) is 0.495. The van der Waals surface area contributed by atoms with E-state index in [9.17, 15) is 0 Å². The smallest absolute Gasteiger partial charge is 0.303 e. The maximum absolute atomic E-state index is 3.63. The fourth-order valence-corrected chi connectivity index (χ4v) is 4.17. The van der Waals surface area contributed by atoms with Crippen LogP contribution in [0.4, 0.5) is 0 Å². The summed E-state index contributed by atoms with van der Waals surface area (Å²) in [5.41, 5.74) is 0.0994. The molecule has 0 aromatic carbocycles. The molecule has 0 amide bonds. The van der Waals surface area contributed by atoms with Crippen LogP contribution in [0.2, 0.25) is 0 Å². The lowest BCUT2D eigenvalue weighted by Gasteiger charge is -2.38. The first-order chi connectivity index (χ1) is 6.74. The molecule has 0 fully saturated rings. The quantitative estimate of drug-likeness (QED) is 0.504. The minimum Gasteiger partial charge on any atom is -0.303 e. The van der Waals surface area contributed by atoms with E-state index in [0.29, 0.717) is 5.92 Å². The molecule has 0 saturated heterocycles. The van der Waals surface area contributed by atoms with Crippen molar-refractivity contribution in [2.24, 2.45) is 5.92 Å². The zero-order valence-electron chi connectivity index (χ0n) is 11.3. The Morgan fingerprint density at radius 2 is 1.53 bits per heavy atom. The van der Waals surface area contributed by atoms with Crippen LogP contribution < -0.4 is 19.9 Å². The molecule has 0 aliphatic carbocycles. The molecule has 0 aromatic rings. The van der Waals surface area contributed by atoms with E-state index in [2.05, 4.69) is 54.5 Å². The molecule has 0 atom stereocenters. The molecule has 92 valence electrons. The van der Waals surface area contributed by atoms with Gasteiger partial charge in [0.2, 0.25) is 0 Å². The summed E-state index contributed by atoms with van der Waals surface area (Å²) in [4.78, 5) is 14.0. The van der Waals surface area contributed by atoms with Crippen LogP contribution in [0.3, 0.4) is 0 Å². The molecule has 0 rings (SSSR count). The first kappa shape index (κ1) is 15.1. The van der Waals surface area contributed by atoms with Crippen molar-refractivity contribution in [3.05, 3.63) is 0 Å². The van der Waals surface area contributed by atoms with Crippen molar-refractivity contribution in [1.82, 2.24) is 19.9 Å². The molecule has 0 aromatic heterocycles. The fraction of sp³-hybridized carbons (Fsp3) is 1.00. The molecular formula is C10H28N4Si. The first-order valence-electron chi connectivity index (χ1n) is 5.67. The van der Waals surface area contributed by atoms with Crippen LogP contribution in [0, 0.1) is 5.92 Å². The van der Waals surface area contributed by atoms with E-state index in [4.69, 9.17) is 0 Å². The lowest BCUT2D eigenvalue weighted by molar-refractivity contribution is 0.481. The normalized spacial score (nSPS) is 13.6. The second-order valence-electron chi connectivity index (χ2n) is 5.40. The molecule has 4 N–H and O–H groups in total. The molecule has 0 unspecified atom stereocenters. The lowest BCUT2D eigenvalue weighted by Crippen LogP contribution is -2.82. The highest BCUT2D eigenvalue weighted by Gasteiger charge is 2.35. The molecule has 0 bridgehead atoms. The second-order valence-corrected chi connectivity index (χ2v) is 8.50. The maximum atomic E-state index is 3.63. The Balaban J connectivity index is 4.44. The molecule has 4 nitrogen and oxygen atoms in total. The van der Waals surface area contributed by atoms with E-state index in [1.807, 2.05) is 14.1 Å². The minimum atomic E-state index is -1.94. The van der Waals surface area contributed by atoms with Gasteiger partial charge in [0.05, 0.1) is 0 Å². The van der Waals surface area contributed by atoms with Crippen LogP contribution in [0.15, 0.2) is 0 Å². The third-order valence-electron chi connectivity index (χ3n) is 2.09. The van der Waals surface area contributed by atoms with Gasteiger partial charge in [0, 0.05) is 5.54 Å². The standard InChI is InChI=1S/C10H28N4Si/c1-9(2)8-13-15(11-6,12-7)14-10(3,4)5/h9,11-14H,8H2,1-7H3. The molecule has 0 saturated carbocycles. The van der Waals surface area contributed by atoms with Gasteiger partial charge >= 0.3 is 8.72 Å². The lowest BCUT2D eigenvalue weighted by atomic mass is 10.1. The van der Waals surface area contributed by atoms with Crippen LogP contribution in [0.25, 0.3) is 0 Å². The maximum Gasteiger partial charge on any atom is 0.365 e. The average Bonchev–Trinajstić information content (AvgIpc) is 2.10. The van der Waals surface area contributed by atoms with Crippen molar-refractivity contribution < 1.29 is 0 Å². The predicted molar refractivity (Wildman–Crippen MR) is 69.6 cm³/mol. The largest absolute Gasteiger partial charge is 0.365 e. The molecule has 0 heterocycles. The SMILES string of the molecule is CN[Si](NC)(NCC(C)C)NC(C)(C)C. The van der Waals surface area contributed by atoms with Crippen LogP contribution in [-0.2, 0) is 0 Å². The van der Waals surface area contributed by atoms with E-state index in [0.717, 1.165) is 6.54 Å². The Labute approximate surface area is 95.9 Å². The molecule has 0 spiro atoms. The summed E-state index contributed by atoms with van der Waals surface area (Å²) in [5.74, 6) is 0.653. The molecule has 0 aliphatic rings. The Morgan fingerprint density at radius 3 is 1.80 bits per heavy atom. The molecule has 5 heteroatoms. The van der Waals surface area contributed by atoms with Gasteiger partial charge < -0.3 is 14.9 Å². The molecule has 0 aliphatic heterocycles. The van der Waals surface area contributed by atoms with Crippen molar-refractivity contribution in [3.63, 3.8) is 0 Å². The third kappa shape index (κ3) is 6.27. The highest BCUT2D eigenvalue weighted by Crippen LogP contribution is 2.01. The highest BCUT2D eigenvalue weighted by atomic mass is 28.4. The van der Waals surface area contributed by atoms with Gasteiger partial charge in [0.15, 0.2) is 0 Å². The fourth-order valence-electron chi connectivity index (χ4n) is 1.39. The van der Waals surface area contributed by atoms with Crippen molar-refractivity contribution in [2.45, 2.75) is 40.2 Å². The van der Waals surface area contributed by atoms with Crippen molar-refractivity contribution in [1.29, 1.82) is 0 Å². The van der Waals surface area contributed by atoms with Crippen molar-refractivity contribution >= 4 is 8.72 Å². The minimum absolute atomic E-state index is 0.0994. The van der Waals surface area contributed by atoms with Gasteiger partial charge in [-0.2, -0.15) is 0 Å². The van der Waals surface area contributed by atoms with Crippen LogP contribution in [-0.4, -0.2) is 34.9 Å². The Kier molecular flexibility index (Phi) is 5.98. The summed E-state index contributed by atoms with van der Waals surface area (Å²) in [5, 5.41) is 0. The summed E-state index contributed by atoms with van der Waals surface area (Å²) in [6.45, 7) is 12.0. The van der Waals surface area contributed by atoms with Gasteiger partial charge in [-0.3, -0.25) is 4.98 Å². The number of hydrogen-bond acceptors (Lipinski definition) is 4. The van der Waals surface area contributed by atoms with Gasteiger partial charge in [-0.25, -0.2) is 0 Å². The monoisotopic (exact) mass is 232 g/mol. The topological polar surface area (TPSA) is 48.1 Å². The Bertz CT molecular complexity index is 173. The Morgan fingerprint density at radius 1 is 1.07 bits per heavy atom. The van der Waals surface area contributed by atoms with Crippen molar-refractivity contribution in [3.8, 4) is 0 Å². The highest BCUT2D eigenvalue weighted by molar-refractivity contribution is 6.70. The summed E-state index contributed by atoms with van der Waals surface area (Å²) in [6.07, 6.45) is 0. The van der Waals surface area contributed by atoms with Gasteiger partial charge in [-0.1, -0.05) is 13.8 Å². The van der Waals surface area contributed by atoms with Crippen molar-refractivity contribution in [2.75, 3.05) is 20.6 Å². The molecule has 15 heavy (non-hydrogen) atoms. The second kappa shape index (κ2) is 5.96. The summed E-state index contributed by atoms with van der Waals surface area (Å²) in [7, 11) is 2.05. The van der Waals surface area contributed by atoms with Gasteiger partial charge in [0.25, 0.3) is 0 Å². The van der Waals surface area contributed by atoms with E-state index in [1.54, 1.807) is 0 Å². The zero-order valence-corrected chi connectivity index (χ0v) is 12.3. The van der Waals surface area contributed by atoms with E-state index in [-0.39, 0.29) is 5.54 Å². The molecule has 0 radical (unpaired) electrons. The number of nitrogens with one attached hydrogen (secondary N) is 4. The van der Waals surface area contributed by atoms with Gasteiger partial charge in [-0.15, -0.1) is 0 Å². The van der Waals surface area contributed by atoms with Gasteiger partial charge in [-0.05, 0) is 47.3 Å². The van der Waals surface area contributed by atoms with Crippen LogP contribution in [0.1, 0.15) is 34.6 Å². The van der Waals surface area contributed by atoms with E-state index >= 15 is 0 Å². The van der Waals surface area contributed by atoms with E-state index in [1.165, 1.54) is 0 Å².